The van der Waals surface area contributed by atoms with E-state index in [0.29, 0.717) is 5.39 Å². The van der Waals surface area contributed by atoms with Gasteiger partial charge in [0.2, 0.25) is 0 Å². The minimum atomic E-state index is 0.0350. The van der Waals surface area contributed by atoms with Crippen LogP contribution >= 0.6 is 0 Å². The van der Waals surface area contributed by atoms with Gasteiger partial charge in [-0.3, -0.25) is 4.79 Å². The molecule has 0 saturated heterocycles. The number of hydrogen-bond acceptors (Lipinski definition) is 2. The van der Waals surface area contributed by atoms with Gasteiger partial charge in [0.25, 0.3) is 0 Å². The van der Waals surface area contributed by atoms with Gasteiger partial charge in [0, 0.05) is 25.0 Å². The zero-order chi connectivity index (χ0) is 9.26. The molecule has 0 atom stereocenters. The summed E-state index contributed by atoms with van der Waals surface area (Å²) in [6.45, 7) is 2.85. The molecule has 3 nitrogen and oxygen atoms in total. The average Bonchev–Trinajstić information content (AvgIpc) is 2.19. The molecule has 0 bridgehead atoms. The molecular weight excluding hydrogens is 164 g/mol. The minimum absolute atomic E-state index is 0.0350. The number of aromatic nitrogens is 2. The highest BCUT2D eigenvalue weighted by Gasteiger charge is 2.00. The first-order valence-electron chi connectivity index (χ1n) is 4.27. The first-order chi connectivity index (χ1) is 6.33. The molecule has 2 aromatic heterocycles. The molecule has 0 aliphatic heterocycles. The van der Waals surface area contributed by atoms with E-state index in [1.165, 1.54) is 0 Å². The Bertz CT molecular complexity index is 487. The molecule has 66 valence electrons. The maximum Gasteiger partial charge on any atom is 0.191 e. The molecule has 0 aromatic carbocycles. The summed E-state index contributed by atoms with van der Waals surface area (Å²) in [5.74, 6) is 0. The summed E-state index contributed by atoms with van der Waals surface area (Å²) >= 11 is 0. The fourth-order valence-corrected chi connectivity index (χ4v) is 1.39. The Morgan fingerprint density at radius 3 is 3.08 bits per heavy atom. The van der Waals surface area contributed by atoms with Crippen LogP contribution in [0.3, 0.4) is 0 Å². The molecule has 0 unspecified atom stereocenters. The van der Waals surface area contributed by atoms with Gasteiger partial charge in [0.15, 0.2) is 5.43 Å². The van der Waals surface area contributed by atoms with E-state index in [-0.39, 0.29) is 5.43 Å². The monoisotopic (exact) mass is 174 g/mol. The van der Waals surface area contributed by atoms with Crippen LogP contribution in [0.4, 0.5) is 0 Å². The molecule has 0 radical (unpaired) electrons. The predicted molar refractivity (Wildman–Crippen MR) is 51.7 cm³/mol. The lowest BCUT2D eigenvalue weighted by Gasteiger charge is -2.05. The summed E-state index contributed by atoms with van der Waals surface area (Å²) < 4.78 is 1.96. The van der Waals surface area contributed by atoms with Crippen molar-refractivity contribution >= 4 is 11.0 Å². The van der Waals surface area contributed by atoms with Gasteiger partial charge in [-0.15, -0.1) is 0 Å². The van der Waals surface area contributed by atoms with E-state index in [9.17, 15) is 4.79 Å². The number of pyridine rings is 2. The van der Waals surface area contributed by atoms with Crippen molar-refractivity contribution in [2.24, 2.45) is 0 Å². The Morgan fingerprint density at radius 1 is 1.46 bits per heavy atom. The molecule has 0 aliphatic carbocycles. The van der Waals surface area contributed by atoms with Gasteiger partial charge in [0.1, 0.15) is 5.65 Å². The molecule has 0 fully saturated rings. The fourth-order valence-electron chi connectivity index (χ4n) is 1.39. The Hall–Kier alpha value is -1.64. The summed E-state index contributed by atoms with van der Waals surface area (Å²) in [5, 5.41) is 0.687. The van der Waals surface area contributed by atoms with Crippen molar-refractivity contribution in [1.82, 2.24) is 9.55 Å². The van der Waals surface area contributed by atoms with Crippen LogP contribution in [0, 0.1) is 0 Å². The van der Waals surface area contributed by atoms with Crippen molar-refractivity contribution in [3.8, 4) is 0 Å². The van der Waals surface area contributed by atoms with Crippen molar-refractivity contribution < 1.29 is 0 Å². The second-order valence-electron chi connectivity index (χ2n) is 2.84. The highest BCUT2D eigenvalue weighted by molar-refractivity contribution is 5.74. The molecule has 0 amide bonds. The maximum atomic E-state index is 11.4. The van der Waals surface area contributed by atoms with E-state index in [0.717, 1.165) is 12.2 Å². The third-order valence-corrected chi connectivity index (χ3v) is 2.07. The van der Waals surface area contributed by atoms with Crippen molar-refractivity contribution in [3.63, 3.8) is 0 Å². The minimum Gasteiger partial charge on any atom is -0.333 e. The summed E-state index contributed by atoms with van der Waals surface area (Å²) in [7, 11) is 0. The molecule has 0 saturated carbocycles. The summed E-state index contributed by atoms with van der Waals surface area (Å²) in [6.07, 6.45) is 3.48. The second kappa shape index (κ2) is 3.01. The average molecular weight is 174 g/mol. The molecule has 0 N–H and O–H groups in total. The topological polar surface area (TPSA) is 34.9 Å². The molecule has 2 aromatic rings. The highest BCUT2D eigenvalue weighted by Crippen LogP contribution is 2.04. The van der Waals surface area contributed by atoms with E-state index in [1.807, 2.05) is 11.5 Å². The number of aryl methyl sites for hydroxylation is 1. The Balaban J connectivity index is 2.93. The number of fused-ring (bicyclic) bond motifs is 1. The van der Waals surface area contributed by atoms with Crippen LogP contribution in [-0.4, -0.2) is 9.55 Å². The maximum absolute atomic E-state index is 11.4. The largest absolute Gasteiger partial charge is 0.333 e. The van der Waals surface area contributed by atoms with E-state index >= 15 is 0 Å². The lowest BCUT2D eigenvalue weighted by Crippen LogP contribution is -2.07. The SMILES string of the molecule is CCn1ccc(=O)c2cccnc21. The standard InChI is InChI=1S/C10H10N2O/c1-2-12-7-5-9(13)8-4-3-6-11-10(8)12/h3-7H,2H2,1H3. The predicted octanol–water partition coefficient (Wildman–Crippen LogP) is 1.42. The Kier molecular flexibility index (Phi) is 1.85. The van der Waals surface area contributed by atoms with Gasteiger partial charge in [-0.25, -0.2) is 4.98 Å². The summed E-state index contributed by atoms with van der Waals surface area (Å²) in [6, 6.07) is 5.16. The number of rotatable bonds is 1. The van der Waals surface area contributed by atoms with Crippen LogP contribution < -0.4 is 5.43 Å². The van der Waals surface area contributed by atoms with E-state index in [1.54, 1.807) is 30.6 Å². The number of nitrogens with zero attached hydrogens (tertiary/aromatic N) is 2. The molecule has 13 heavy (non-hydrogen) atoms. The molecular formula is C10H10N2O. The smallest absolute Gasteiger partial charge is 0.191 e. The van der Waals surface area contributed by atoms with E-state index < -0.39 is 0 Å². The normalized spacial score (nSPS) is 10.5. The van der Waals surface area contributed by atoms with Crippen molar-refractivity contribution in [2.75, 3.05) is 0 Å². The molecule has 0 aliphatic rings. The first kappa shape index (κ1) is 7.98. The third-order valence-electron chi connectivity index (χ3n) is 2.07. The lowest BCUT2D eigenvalue weighted by molar-refractivity contribution is 0.777. The number of hydrogen-bond donors (Lipinski definition) is 0. The van der Waals surface area contributed by atoms with Gasteiger partial charge in [-0.05, 0) is 19.1 Å². The van der Waals surface area contributed by atoms with Crippen molar-refractivity contribution in [1.29, 1.82) is 0 Å². The van der Waals surface area contributed by atoms with E-state index in [2.05, 4.69) is 4.98 Å². The van der Waals surface area contributed by atoms with Crippen molar-refractivity contribution in [3.05, 3.63) is 40.8 Å². The van der Waals surface area contributed by atoms with Crippen LogP contribution in [0.2, 0.25) is 0 Å². The van der Waals surface area contributed by atoms with Crippen LogP contribution in [-0.2, 0) is 6.54 Å². The van der Waals surface area contributed by atoms with E-state index in [4.69, 9.17) is 0 Å². The van der Waals surface area contributed by atoms with Gasteiger partial charge >= 0.3 is 0 Å². The third kappa shape index (κ3) is 1.22. The van der Waals surface area contributed by atoms with Crippen LogP contribution in [0.5, 0.6) is 0 Å². The van der Waals surface area contributed by atoms with Gasteiger partial charge < -0.3 is 4.57 Å². The molecule has 3 heteroatoms. The zero-order valence-electron chi connectivity index (χ0n) is 7.40. The fraction of sp³-hybridized carbons (Fsp3) is 0.200. The van der Waals surface area contributed by atoms with Crippen molar-refractivity contribution in [2.45, 2.75) is 13.5 Å². The van der Waals surface area contributed by atoms with Crippen LogP contribution in [0.15, 0.2) is 35.4 Å². The highest BCUT2D eigenvalue weighted by atomic mass is 16.1. The second-order valence-corrected chi connectivity index (χ2v) is 2.84. The van der Waals surface area contributed by atoms with Gasteiger partial charge in [-0.2, -0.15) is 0 Å². The molecule has 2 rings (SSSR count). The quantitative estimate of drug-likeness (QED) is 0.655. The molecule has 0 spiro atoms. The summed E-state index contributed by atoms with van der Waals surface area (Å²) in [5.41, 5.74) is 0.797. The zero-order valence-corrected chi connectivity index (χ0v) is 7.40. The summed E-state index contributed by atoms with van der Waals surface area (Å²) in [4.78, 5) is 15.6. The van der Waals surface area contributed by atoms with Gasteiger partial charge in [0.05, 0.1) is 5.39 Å². The molecule has 2 heterocycles. The van der Waals surface area contributed by atoms with Crippen LogP contribution in [0.1, 0.15) is 6.92 Å². The first-order valence-corrected chi connectivity index (χ1v) is 4.27. The lowest BCUT2D eigenvalue weighted by atomic mass is 10.3. The Morgan fingerprint density at radius 2 is 2.31 bits per heavy atom. The Labute approximate surface area is 75.7 Å². The van der Waals surface area contributed by atoms with Crippen LogP contribution in [0.25, 0.3) is 11.0 Å². The van der Waals surface area contributed by atoms with Gasteiger partial charge in [-0.1, -0.05) is 0 Å².